The lowest BCUT2D eigenvalue weighted by Gasteiger charge is -2.29. The van der Waals surface area contributed by atoms with Crippen LogP contribution in [0.3, 0.4) is 0 Å². The summed E-state index contributed by atoms with van der Waals surface area (Å²) >= 11 is 0. The van der Waals surface area contributed by atoms with Crippen molar-refractivity contribution in [3.8, 4) is 24.7 Å². The number of aliphatic hydroxyl groups is 1. The topological polar surface area (TPSA) is 67.8 Å². The number of aliphatic hydroxyl groups excluding tert-OH is 1. The first-order chi connectivity index (χ1) is 12.7. The van der Waals surface area contributed by atoms with E-state index in [2.05, 4.69) is 17.2 Å². The van der Waals surface area contributed by atoms with Crippen LogP contribution in [0.2, 0.25) is 0 Å². The van der Waals surface area contributed by atoms with Gasteiger partial charge in [-0.1, -0.05) is 24.0 Å². The maximum absolute atomic E-state index is 12.2. The van der Waals surface area contributed by atoms with Gasteiger partial charge < -0.3 is 19.9 Å². The molecule has 2 N–H and O–H groups in total. The Hall–Kier alpha value is -2.73. The van der Waals surface area contributed by atoms with Crippen LogP contribution in [0.1, 0.15) is 36.3 Å². The van der Waals surface area contributed by atoms with E-state index in [4.69, 9.17) is 27.4 Å². The van der Waals surface area contributed by atoms with Crippen molar-refractivity contribution in [1.82, 2.24) is 5.32 Å². The zero-order valence-corrected chi connectivity index (χ0v) is 14.6. The fraction of sp³-hybridized carbons (Fsp3) is 0.381. The predicted octanol–water partition coefficient (Wildman–Crippen LogP) is 1.92. The molecule has 0 bridgehead atoms. The van der Waals surface area contributed by atoms with E-state index in [1.807, 2.05) is 24.3 Å². The molecule has 0 unspecified atom stereocenters. The van der Waals surface area contributed by atoms with Crippen LogP contribution in [0, 0.1) is 24.7 Å². The molecule has 1 aromatic rings. The lowest BCUT2D eigenvalue weighted by Crippen LogP contribution is -2.33. The number of hydrogen-bond donors (Lipinski definition) is 2. The number of rotatable bonds is 8. The first kappa shape index (κ1) is 19.6. The van der Waals surface area contributed by atoms with E-state index < -0.39 is 6.29 Å². The Morgan fingerprint density at radius 2 is 2.08 bits per heavy atom. The monoisotopic (exact) mass is 353 g/mol. The Kier molecular flexibility index (Phi) is 7.76. The van der Waals surface area contributed by atoms with Gasteiger partial charge in [-0.25, -0.2) is 0 Å². The summed E-state index contributed by atoms with van der Waals surface area (Å²) in [5.41, 5.74) is 1.83. The highest BCUT2D eigenvalue weighted by molar-refractivity contribution is 5.91. The van der Waals surface area contributed by atoms with Gasteiger partial charge >= 0.3 is 0 Å². The minimum Gasteiger partial charge on any atom is -0.459 e. The molecule has 0 saturated carbocycles. The van der Waals surface area contributed by atoms with E-state index in [1.165, 1.54) is 0 Å². The van der Waals surface area contributed by atoms with Gasteiger partial charge in [0.15, 0.2) is 5.76 Å². The van der Waals surface area contributed by atoms with Crippen LogP contribution < -0.4 is 5.32 Å². The summed E-state index contributed by atoms with van der Waals surface area (Å²) in [5, 5.41) is 11.5. The zero-order chi connectivity index (χ0) is 18.8. The number of ether oxygens (including phenoxy) is 2. The van der Waals surface area contributed by atoms with Crippen molar-refractivity contribution in [2.45, 2.75) is 31.5 Å². The number of terminal acetylenes is 2. The van der Waals surface area contributed by atoms with Crippen LogP contribution >= 0.6 is 0 Å². The number of carbonyl (C=O) groups excluding carboxylic acids is 1. The lowest BCUT2D eigenvalue weighted by molar-refractivity contribution is -0.146. The summed E-state index contributed by atoms with van der Waals surface area (Å²) in [4.78, 5) is 12.2. The average Bonchev–Trinajstić information content (AvgIpc) is 2.69. The Labute approximate surface area is 154 Å². The normalized spacial score (nSPS) is 18.8. The second-order valence-electron chi connectivity index (χ2n) is 5.88. The molecule has 1 aliphatic heterocycles. The van der Waals surface area contributed by atoms with Crippen LogP contribution in [0.15, 0.2) is 36.1 Å². The average molecular weight is 353 g/mol. The third kappa shape index (κ3) is 5.67. The minimum absolute atomic E-state index is 0.0370. The van der Waals surface area contributed by atoms with E-state index in [-0.39, 0.29) is 30.7 Å². The smallest absolute Gasteiger partial charge is 0.286 e. The third-order valence-corrected chi connectivity index (χ3v) is 3.99. The summed E-state index contributed by atoms with van der Waals surface area (Å²) in [6.07, 6.45) is 13.8. The largest absolute Gasteiger partial charge is 0.459 e. The minimum atomic E-state index is -0.539. The lowest BCUT2D eigenvalue weighted by atomic mass is 9.92. The molecule has 2 atom stereocenters. The first-order valence-electron chi connectivity index (χ1n) is 8.57. The van der Waals surface area contributed by atoms with Crippen LogP contribution in [0.4, 0.5) is 0 Å². The quantitative estimate of drug-likeness (QED) is 0.553. The maximum atomic E-state index is 12.2. The molecule has 1 amide bonds. The molecule has 136 valence electrons. The second kappa shape index (κ2) is 10.3. The van der Waals surface area contributed by atoms with E-state index in [0.29, 0.717) is 19.4 Å². The molecule has 1 heterocycles. The summed E-state index contributed by atoms with van der Waals surface area (Å²) in [7, 11) is 0. The fourth-order valence-electron chi connectivity index (χ4n) is 2.62. The Bertz CT molecular complexity index is 709. The van der Waals surface area contributed by atoms with Gasteiger partial charge in [0.05, 0.1) is 13.2 Å². The van der Waals surface area contributed by atoms with Gasteiger partial charge in [-0.2, -0.15) is 0 Å². The Morgan fingerprint density at radius 1 is 1.31 bits per heavy atom. The van der Waals surface area contributed by atoms with Crippen molar-refractivity contribution < 1.29 is 19.4 Å². The van der Waals surface area contributed by atoms with Gasteiger partial charge in [0, 0.05) is 24.5 Å². The van der Waals surface area contributed by atoms with Crippen molar-refractivity contribution in [2.75, 3.05) is 19.8 Å². The SMILES string of the molecule is C#CCNC(=O)C1=C[C@@H](c2ccc(C#C)cc2)C[C@@H](OCCCCO)O1. The molecule has 2 rings (SSSR count). The highest BCUT2D eigenvalue weighted by atomic mass is 16.7. The molecule has 0 saturated heterocycles. The predicted molar refractivity (Wildman–Crippen MR) is 98.8 cm³/mol. The molecule has 1 aliphatic rings. The molecule has 0 fully saturated rings. The first-order valence-corrected chi connectivity index (χ1v) is 8.57. The van der Waals surface area contributed by atoms with Gasteiger partial charge in [-0.3, -0.25) is 4.79 Å². The number of benzene rings is 1. The number of hydrogen-bond acceptors (Lipinski definition) is 4. The summed E-state index contributed by atoms with van der Waals surface area (Å²) in [6, 6.07) is 7.63. The van der Waals surface area contributed by atoms with Gasteiger partial charge in [0.2, 0.25) is 6.29 Å². The molecule has 0 radical (unpaired) electrons. The van der Waals surface area contributed by atoms with Crippen molar-refractivity contribution in [3.05, 3.63) is 47.2 Å². The molecule has 5 heteroatoms. The number of unbranched alkanes of at least 4 members (excludes halogenated alkanes) is 1. The van der Waals surface area contributed by atoms with E-state index >= 15 is 0 Å². The molecule has 0 aromatic heterocycles. The van der Waals surface area contributed by atoms with E-state index in [0.717, 1.165) is 17.5 Å². The highest BCUT2D eigenvalue weighted by Crippen LogP contribution is 2.31. The van der Waals surface area contributed by atoms with Crippen LogP contribution in [0.25, 0.3) is 0 Å². The number of amides is 1. The Morgan fingerprint density at radius 3 is 2.73 bits per heavy atom. The molecule has 1 aromatic carbocycles. The fourth-order valence-corrected chi connectivity index (χ4v) is 2.62. The van der Waals surface area contributed by atoms with Crippen LogP contribution in [0.5, 0.6) is 0 Å². The standard InChI is InChI=1S/C21H23NO4/c1-3-11-22-21(24)19-14-18(17-9-7-16(4-2)8-10-17)15-20(26-19)25-13-6-5-12-23/h1-2,7-10,14,18,20,23H,5-6,11-13,15H2,(H,22,24)/t18-,20+/m1/s1. The Balaban J connectivity index is 2.13. The molecular formula is C21H23NO4. The van der Waals surface area contributed by atoms with Gasteiger partial charge in [-0.15, -0.1) is 12.8 Å². The maximum Gasteiger partial charge on any atom is 0.286 e. The second-order valence-corrected chi connectivity index (χ2v) is 5.88. The molecule has 0 aliphatic carbocycles. The third-order valence-electron chi connectivity index (χ3n) is 3.99. The van der Waals surface area contributed by atoms with E-state index in [9.17, 15) is 4.79 Å². The molecule has 26 heavy (non-hydrogen) atoms. The van der Waals surface area contributed by atoms with Gasteiger partial charge in [0.25, 0.3) is 5.91 Å². The van der Waals surface area contributed by atoms with Crippen LogP contribution in [-0.2, 0) is 14.3 Å². The van der Waals surface area contributed by atoms with Gasteiger partial charge in [-0.05, 0) is 36.6 Å². The van der Waals surface area contributed by atoms with Crippen molar-refractivity contribution in [1.29, 1.82) is 0 Å². The molecular weight excluding hydrogens is 330 g/mol. The van der Waals surface area contributed by atoms with Crippen molar-refractivity contribution >= 4 is 5.91 Å². The van der Waals surface area contributed by atoms with E-state index in [1.54, 1.807) is 6.08 Å². The van der Waals surface area contributed by atoms with Crippen molar-refractivity contribution in [2.24, 2.45) is 0 Å². The summed E-state index contributed by atoms with van der Waals surface area (Å²) in [5.74, 6) is 4.75. The number of allylic oxidation sites excluding steroid dienone is 1. The number of carbonyl (C=O) groups is 1. The van der Waals surface area contributed by atoms with Gasteiger partial charge in [0.1, 0.15) is 0 Å². The summed E-state index contributed by atoms with van der Waals surface area (Å²) in [6.45, 7) is 0.703. The summed E-state index contributed by atoms with van der Waals surface area (Å²) < 4.78 is 11.4. The van der Waals surface area contributed by atoms with Crippen molar-refractivity contribution in [3.63, 3.8) is 0 Å². The number of nitrogens with one attached hydrogen (secondary N) is 1. The highest BCUT2D eigenvalue weighted by Gasteiger charge is 2.28. The van der Waals surface area contributed by atoms with Crippen LogP contribution in [-0.4, -0.2) is 37.1 Å². The zero-order valence-electron chi connectivity index (χ0n) is 14.6. The molecule has 5 nitrogen and oxygen atoms in total. The molecule has 0 spiro atoms.